The SMILES string of the molecule is Cc1cccc(NS(=O)(=O)c2cccc(C(=O)NCc3cc(F)cc(F)c3)c2)c1. The molecule has 5 nitrogen and oxygen atoms in total. The van der Waals surface area contributed by atoms with E-state index in [2.05, 4.69) is 10.0 Å². The first-order valence-corrected chi connectivity index (χ1v) is 10.1. The van der Waals surface area contributed by atoms with Crippen LogP contribution in [-0.4, -0.2) is 14.3 Å². The molecule has 0 bridgehead atoms. The molecule has 0 aromatic heterocycles. The van der Waals surface area contributed by atoms with Gasteiger partial charge in [-0.25, -0.2) is 17.2 Å². The highest BCUT2D eigenvalue weighted by Crippen LogP contribution is 2.18. The van der Waals surface area contributed by atoms with Crippen LogP contribution in [0.4, 0.5) is 14.5 Å². The third-order valence-corrected chi connectivity index (χ3v) is 5.43. The van der Waals surface area contributed by atoms with Crippen molar-refractivity contribution in [3.8, 4) is 0 Å². The number of hydrogen-bond acceptors (Lipinski definition) is 3. The molecular weight excluding hydrogens is 398 g/mol. The van der Waals surface area contributed by atoms with E-state index < -0.39 is 27.6 Å². The van der Waals surface area contributed by atoms with Crippen LogP contribution in [0.2, 0.25) is 0 Å². The summed E-state index contributed by atoms with van der Waals surface area (Å²) in [6.07, 6.45) is 0. The Kier molecular flexibility index (Phi) is 5.93. The molecule has 2 N–H and O–H groups in total. The van der Waals surface area contributed by atoms with Gasteiger partial charge in [0.2, 0.25) is 0 Å². The molecule has 0 unspecified atom stereocenters. The molecule has 0 aliphatic carbocycles. The van der Waals surface area contributed by atoms with Gasteiger partial charge in [-0.3, -0.25) is 9.52 Å². The molecular formula is C21H18F2N2O3S. The van der Waals surface area contributed by atoms with Crippen molar-refractivity contribution < 1.29 is 22.0 Å². The van der Waals surface area contributed by atoms with Crippen LogP contribution in [0.15, 0.2) is 71.6 Å². The van der Waals surface area contributed by atoms with E-state index in [0.717, 1.165) is 23.8 Å². The maximum Gasteiger partial charge on any atom is 0.261 e. The number of benzene rings is 3. The van der Waals surface area contributed by atoms with Gasteiger partial charge in [-0.1, -0.05) is 18.2 Å². The first-order chi connectivity index (χ1) is 13.7. The second-order valence-corrected chi connectivity index (χ2v) is 8.15. The van der Waals surface area contributed by atoms with E-state index in [1.807, 2.05) is 13.0 Å². The van der Waals surface area contributed by atoms with Gasteiger partial charge in [0, 0.05) is 23.9 Å². The largest absolute Gasteiger partial charge is 0.348 e. The topological polar surface area (TPSA) is 75.3 Å². The Bertz CT molecular complexity index is 1140. The van der Waals surface area contributed by atoms with Gasteiger partial charge in [-0.2, -0.15) is 0 Å². The zero-order valence-corrected chi connectivity index (χ0v) is 16.3. The molecule has 29 heavy (non-hydrogen) atoms. The van der Waals surface area contributed by atoms with Gasteiger partial charge in [0.1, 0.15) is 11.6 Å². The molecule has 0 spiro atoms. The number of carbonyl (C=O) groups is 1. The fourth-order valence-corrected chi connectivity index (χ4v) is 3.82. The molecule has 1 amide bonds. The number of amides is 1. The zero-order valence-electron chi connectivity index (χ0n) is 15.4. The predicted octanol–water partition coefficient (Wildman–Crippen LogP) is 4.00. The van der Waals surface area contributed by atoms with Crippen molar-refractivity contribution in [1.29, 1.82) is 0 Å². The molecule has 0 aliphatic rings. The van der Waals surface area contributed by atoms with Crippen LogP contribution >= 0.6 is 0 Å². The minimum atomic E-state index is -3.89. The predicted molar refractivity (Wildman–Crippen MR) is 106 cm³/mol. The van der Waals surface area contributed by atoms with Gasteiger partial charge < -0.3 is 5.32 Å². The second kappa shape index (κ2) is 8.40. The average molecular weight is 416 g/mol. The van der Waals surface area contributed by atoms with Crippen molar-refractivity contribution >= 4 is 21.6 Å². The Morgan fingerprint density at radius 2 is 1.62 bits per heavy atom. The number of rotatable bonds is 6. The molecule has 0 atom stereocenters. The molecule has 0 radical (unpaired) electrons. The molecule has 0 saturated heterocycles. The number of halogens is 2. The van der Waals surface area contributed by atoms with Crippen molar-refractivity contribution in [1.82, 2.24) is 5.32 Å². The van der Waals surface area contributed by atoms with E-state index in [1.165, 1.54) is 24.3 Å². The summed E-state index contributed by atoms with van der Waals surface area (Å²) in [5, 5.41) is 2.52. The Balaban J connectivity index is 1.75. The minimum absolute atomic E-state index is 0.0801. The second-order valence-electron chi connectivity index (χ2n) is 6.46. The van der Waals surface area contributed by atoms with Crippen LogP contribution in [0.3, 0.4) is 0 Å². The van der Waals surface area contributed by atoms with Crippen molar-refractivity contribution in [2.24, 2.45) is 0 Å². The van der Waals surface area contributed by atoms with E-state index >= 15 is 0 Å². The summed E-state index contributed by atoms with van der Waals surface area (Å²) in [5.41, 5.74) is 1.66. The van der Waals surface area contributed by atoms with Crippen LogP contribution in [0.1, 0.15) is 21.5 Å². The summed E-state index contributed by atoms with van der Waals surface area (Å²) in [4.78, 5) is 12.3. The molecule has 0 heterocycles. The van der Waals surface area contributed by atoms with Crippen LogP contribution < -0.4 is 10.0 Å². The average Bonchev–Trinajstić information content (AvgIpc) is 2.65. The van der Waals surface area contributed by atoms with Gasteiger partial charge in [0.15, 0.2) is 0 Å². The maximum atomic E-state index is 13.2. The summed E-state index contributed by atoms with van der Waals surface area (Å²) < 4.78 is 54.2. The molecule has 150 valence electrons. The van der Waals surface area contributed by atoms with Gasteiger partial charge in [-0.05, 0) is 60.5 Å². The van der Waals surface area contributed by atoms with Crippen LogP contribution in [0.25, 0.3) is 0 Å². The normalized spacial score (nSPS) is 11.1. The lowest BCUT2D eigenvalue weighted by Crippen LogP contribution is -2.23. The summed E-state index contributed by atoms with van der Waals surface area (Å²) in [7, 11) is -3.89. The highest BCUT2D eigenvalue weighted by atomic mass is 32.2. The van der Waals surface area contributed by atoms with Crippen LogP contribution in [0.5, 0.6) is 0 Å². The molecule has 3 aromatic rings. The van der Waals surface area contributed by atoms with Crippen molar-refractivity contribution in [2.45, 2.75) is 18.4 Å². The third-order valence-electron chi connectivity index (χ3n) is 4.05. The van der Waals surface area contributed by atoms with Crippen molar-refractivity contribution in [3.63, 3.8) is 0 Å². The van der Waals surface area contributed by atoms with Gasteiger partial charge >= 0.3 is 0 Å². The fraction of sp³-hybridized carbons (Fsp3) is 0.0952. The number of sulfonamides is 1. The van der Waals surface area contributed by atoms with Crippen LogP contribution in [0, 0.1) is 18.6 Å². The van der Waals surface area contributed by atoms with E-state index in [4.69, 9.17) is 0 Å². The Morgan fingerprint density at radius 1 is 0.931 bits per heavy atom. The summed E-state index contributed by atoms with van der Waals surface area (Å²) in [6.45, 7) is 1.74. The van der Waals surface area contributed by atoms with E-state index in [1.54, 1.807) is 18.2 Å². The first kappa shape index (κ1) is 20.5. The van der Waals surface area contributed by atoms with Crippen molar-refractivity contribution in [2.75, 3.05) is 4.72 Å². The molecule has 0 fully saturated rings. The number of anilines is 1. The Morgan fingerprint density at radius 3 is 2.31 bits per heavy atom. The molecule has 0 aliphatic heterocycles. The lowest BCUT2D eigenvalue weighted by Gasteiger charge is -2.10. The number of carbonyl (C=O) groups excluding carboxylic acids is 1. The van der Waals surface area contributed by atoms with E-state index in [-0.39, 0.29) is 22.6 Å². The highest BCUT2D eigenvalue weighted by Gasteiger charge is 2.17. The Labute approximate surface area is 167 Å². The standard InChI is InChI=1S/C21H18F2N2O3S/c1-14-4-2-6-19(8-14)25-29(27,28)20-7-3-5-16(11-20)21(26)24-13-15-9-17(22)12-18(23)10-15/h2-12,25H,13H2,1H3,(H,24,26). The molecule has 3 aromatic carbocycles. The summed E-state index contributed by atoms with van der Waals surface area (Å²) in [6, 6.07) is 15.3. The van der Waals surface area contributed by atoms with E-state index in [9.17, 15) is 22.0 Å². The number of aryl methyl sites for hydroxylation is 1. The summed E-state index contributed by atoms with van der Waals surface area (Å²) in [5.74, 6) is -2.06. The Hall–Kier alpha value is -3.26. The quantitative estimate of drug-likeness (QED) is 0.638. The lowest BCUT2D eigenvalue weighted by atomic mass is 10.2. The minimum Gasteiger partial charge on any atom is -0.348 e. The third kappa shape index (κ3) is 5.39. The maximum absolute atomic E-state index is 13.2. The van der Waals surface area contributed by atoms with E-state index in [0.29, 0.717) is 5.69 Å². The zero-order chi connectivity index (χ0) is 21.0. The monoisotopic (exact) mass is 416 g/mol. The fourth-order valence-electron chi connectivity index (χ4n) is 2.72. The van der Waals surface area contributed by atoms with Gasteiger partial charge in [-0.15, -0.1) is 0 Å². The van der Waals surface area contributed by atoms with Gasteiger partial charge in [0.25, 0.3) is 15.9 Å². The first-order valence-electron chi connectivity index (χ1n) is 8.66. The van der Waals surface area contributed by atoms with Crippen molar-refractivity contribution in [3.05, 3.63) is 95.1 Å². The lowest BCUT2D eigenvalue weighted by molar-refractivity contribution is 0.0950. The van der Waals surface area contributed by atoms with Crippen LogP contribution in [-0.2, 0) is 16.6 Å². The number of nitrogens with one attached hydrogen (secondary N) is 2. The molecule has 3 rings (SSSR count). The molecule has 0 saturated carbocycles. The van der Waals surface area contributed by atoms with Gasteiger partial charge in [0.05, 0.1) is 4.90 Å². The molecule has 8 heteroatoms. The smallest absolute Gasteiger partial charge is 0.261 e. The highest BCUT2D eigenvalue weighted by molar-refractivity contribution is 7.92. The number of hydrogen-bond donors (Lipinski definition) is 2. The summed E-state index contributed by atoms with van der Waals surface area (Å²) >= 11 is 0.